The Balaban J connectivity index is 1.67. The van der Waals surface area contributed by atoms with Crippen LogP contribution in [-0.2, 0) is 22.4 Å². The lowest BCUT2D eigenvalue weighted by atomic mass is 10.1. The zero-order valence-corrected chi connectivity index (χ0v) is 17.3. The van der Waals surface area contributed by atoms with Crippen LogP contribution in [-0.4, -0.2) is 17.9 Å². The Hall–Kier alpha value is -2.82. The van der Waals surface area contributed by atoms with Crippen molar-refractivity contribution < 1.29 is 14.3 Å². The van der Waals surface area contributed by atoms with Crippen molar-refractivity contribution in [2.45, 2.75) is 64.9 Å². The maximum absolute atomic E-state index is 12.5. The van der Waals surface area contributed by atoms with Crippen LogP contribution in [0.4, 0.5) is 11.4 Å². The summed E-state index contributed by atoms with van der Waals surface area (Å²) in [5, 5.41) is 5.48. The standard InChI is InChI=1S/C24H30N2O3/c1-3-9-18(10-4-2)29-22-16-6-5-14-21(22)26-24(28)23(27)25-20-15-8-12-17-11-7-13-19(17)20/h5-6,8,12,14-16,18H,3-4,7,9-11,13H2,1-2H3,(H,25,27)(H,26,28). The fourth-order valence-electron chi connectivity index (χ4n) is 3.85. The second-order valence-corrected chi connectivity index (χ2v) is 7.52. The molecule has 2 aromatic rings. The van der Waals surface area contributed by atoms with Crippen molar-refractivity contribution in [3.05, 3.63) is 53.6 Å². The molecule has 0 atom stereocenters. The lowest BCUT2D eigenvalue weighted by Gasteiger charge is -2.20. The molecule has 29 heavy (non-hydrogen) atoms. The van der Waals surface area contributed by atoms with Gasteiger partial charge < -0.3 is 15.4 Å². The van der Waals surface area contributed by atoms with Crippen molar-refractivity contribution in [3.63, 3.8) is 0 Å². The minimum absolute atomic E-state index is 0.101. The first-order valence-electron chi connectivity index (χ1n) is 10.6. The van der Waals surface area contributed by atoms with Gasteiger partial charge in [-0.15, -0.1) is 0 Å². The first-order chi connectivity index (χ1) is 14.1. The van der Waals surface area contributed by atoms with E-state index in [4.69, 9.17) is 4.74 Å². The van der Waals surface area contributed by atoms with Gasteiger partial charge in [-0.3, -0.25) is 9.59 Å². The van der Waals surface area contributed by atoms with E-state index in [2.05, 4.69) is 30.5 Å². The second-order valence-electron chi connectivity index (χ2n) is 7.52. The Labute approximate surface area is 172 Å². The molecular weight excluding hydrogens is 364 g/mol. The normalized spacial score (nSPS) is 12.5. The molecule has 2 N–H and O–H groups in total. The van der Waals surface area contributed by atoms with Crippen LogP contribution in [0.15, 0.2) is 42.5 Å². The Morgan fingerprint density at radius 2 is 1.55 bits per heavy atom. The average Bonchev–Trinajstić information content (AvgIpc) is 3.19. The molecule has 0 saturated heterocycles. The summed E-state index contributed by atoms with van der Waals surface area (Å²) >= 11 is 0. The van der Waals surface area contributed by atoms with E-state index in [1.54, 1.807) is 6.07 Å². The molecule has 5 nitrogen and oxygen atoms in total. The number of rotatable bonds is 8. The molecule has 0 aromatic heterocycles. The fraction of sp³-hybridized carbons (Fsp3) is 0.417. The van der Waals surface area contributed by atoms with Gasteiger partial charge in [-0.05, 0) is 61.4 Å². The predicted octanol–water partition coefficient (Wildman–Crippen LogP) is 5.10. The van der Waals surface area contributed by atoms with E-state index in [0.717, 1.165) is 56.2 Å². The Morgan fingerprint density at radius 3 is 2.28 bits per heavy atom. The molecule has 154 valence electrons. The third kappa shape index (κ3) is 5.37. The highest BCUT2D eigenvalue weighted by molar-refractivity contribution is 6.43. The molecule has 1 aliphatic rings. The number of hydrogen-bond acceptors (Lipinski definition) is 3. The van der Waals surface area contributed by atoms with Crippen LogP contribution in [0.25, 0.3) is 0 Å². The number of hydrogen-bond donors (Lipinski definition) is 2. The monoisotopic (exact) mass is 394 g/mol. The number of fused-ring (bicyclic) bond motifs is 1. The van der Waals surface area contributed by atoms with Crippen LogP contribution < -0.4 is 15.4 Å². The molecule has 0 spiro atoms. The summed E-state index contributed by atoms with van der Waals surface area (Å²) in [5.74, 6) is -0.765. The van der Waals surface area contributed by atoms with Crippen molar-refractivity contribution in [2.24, 2.45) is 0 Å². The molecule has 0 fully saturated rings. The Kier molecular flexibility index (Phi) is 7.28. The van der Waals surface area contributed by atoms with Crippen LogP contribution in [0.3, 0.4) is 0 Å². The van der Waals surface area contributed by atoms with Crippen LogP contribution >= 0.6 is 0 Å². The molecule has 0 saturated carbocycles. The first-order valence-corrected chi connectivity index (χ1v) is 10.6. The molecule has 0 radical (unpaired) electrons. The number of ether oxygens (including phenoxy) is 1. The maximum Gasteiger partial charge on any atom is 0.314 e. The molecule has 0 unspecified atom stereocenters. The molecular formula is C24H30N2O3. The summed E-state index contributed by atoms with van der Waals surface area (Å²) in [4.78, 5) is 25.0. The number of benzene rings is 2. The SMILES string of the molecule is CCCC(CCC)Oc1ccccc1NC(=O)C(=O)Nc1cccc2c1CCC2. The van der Waals surface area contributed by atoms with Crippen LogP contribution in [0.5, 0.6) is 5.75 Å². The molecule has 0 heterocycles. The van der Waals surface area contributed by atoms with E-state index in [9.17, 15) is 9.59 Å². The number of anilines is 2. The van der Waals surface area contributed by atoms with Crippen molar-refractivity contribution in [3.8, 4) is 5.75 Å². The first kappa shape index (κ1) is 20.9. The van der Waals surface area contributed by atoms with Crippen LogP contribution in [0.2, 0.25) is 0 Å². The van der Waals surface area contributed by atoms with E-state index in [0.29, 0.717) is 11.4 Å². The average molecular weight is 395 g/mol. The van der Waals surface area contributed by atoms with Gasteiger partial charge in [0.1, 0.15) is 5.75 Å². The number of nitrogens with one attached hydrogen (secondary N) is 2. The van der Waals surface area contributed by atoms with Gasteiger partial charge in [-0.1, -0.05) is 51.0 Å². The van der Waals surface area contributed by atoms with E-state index in [1.807, 2.05) is 30.3 Å². The smallest absolute Gasteiger partial charge is 0.314 e. The second kappa shape index (κ2) is 10.1. The largest absolute Gasteiger partial charge is 0.488 e. The summed E-state index contributed by atoms with van der Waals surface area (Å²) in [5.41, 5.74) is 3.64. The minimum atomic E-state index is -0.695. The Bertz CT molecular complexity index is 857. The van der Waals surface area contributed by atoms with Crippen molar-refractivity contribution >= 4 is 23.2 Å². The van der Waals surface area contributed by atoms with Gasteiger partial charge in [0, 0.05) is 5.69 Å². The lowest BCUT2D eigenvalue weighted by Crippen LogP contribution is -2.30. The zero-order valence-electron chi connectivity index (χ0n) is 17.3. The van der Waals surface area contributed by atoms with Gasteiger partial charge >= 0.3 is 11.8 Å². The topological polar surface area (TPSA) is 67.4 Å². The van der Waals surface area contributed by atoms with E-state index >= 15 is 0 Å². The highest BCUT2D eigenvalue weighted by atomic mass is 16.5. The summed E-state index contributed by atoms with van der Waals surface area (Å²) in [6, 6.07) is 13.1. The van der Waals surface area contributed by atoms with Crippen molar-refractivity contribution in [1.29, 1.82) is 0 Å². The van der Waals surface area contributed by atoms with E-state index < -0.39 is 11.8 Å². The summed E-state index contributed by atoms with van der Waals surface area (Å²) in [6.07, 6.45) is 7.10. The highest BCUT2D eigenvalue weighted by Crippen LogP contribution is 2.29. The van der Waals surface area contributed by atoms with E-state index in [-0.39, 0.29) is 6.10 Å². The lowest BCUT2D eigenvalue weighted by molar-refractivity contribution is -0.133. The molecule has 2 amide bonds. The van der Waals surface area contributed by atoms with Crippen molar-refractivity contribution in [1.82, 2.24) is 0 Å². The fourth-order valence-corrected chi connectivity index (χ4v) is 3.85. The number of carbonyl (C=O) groups is 2. The molecule has 1 aliphatic carbocycles. The van der Waals surface area contributed by atoms with Crippen molar-refractivity contribution in [2.75, 3.05) is 10.6 Å². The van der Waals surface area contributed by atoms with Gasteiger partial charge in [-0.25, -0.2) is 0 Å². The summed E-state index contributed by atoms with van der Waals surface area (Å²) in [6.45, 7) is 4.26. The van der Waals surface area contributed by atoms with Crippen LogP contribution in [0.1, 0.15) is 57.1 Å². The van der Waals surface area contributed by atoms with Gasteiger partial charge in [0.05, 0.1) is 11.8 Å². The summed E-state index contributed by atoms with van der Waals surface area (Å²) in [7, 11) is 0. The third-order valence-corrected chi connectivity index (χ3v) is 5.25. The van der Waals surface area contributed by atoms with Gasteiger partial charge in [-0.2, -0.15) is 0 Å². The minimum Gasteiger partial charge on any atom is -0.488 e. The number of carbonyl (C=O) groups excluding carboxylic acids is 2. The van der Waals surface area contributed by atoms with Gasteiger partial charge in [0.25, 0.3) is 0 Å². The zero-order chi connectivity index (χ0) is 20.6. The molecule has 0 aliphatic heterocycles. The number of para-hydroxylation sites is 2. The third-order valence-electron chi connectivity index (χ3n) is 5.25. The van der Waals surface area contributed by atoms with Gasteiger partial charge in [0.2, 0.25) is 0 Å². The predicted molar refractivity (Wildman–Crippen MR) is 116 cm³/mol. The summed E-state index contributed by atoms with van der Waals surface area (Å²) < 4.78 is 6.14. The molecule has 2 aromatic carbocycles. The quantitative estimate of drug-likeness (QED) is 0.612. The van der Waals surface area contributed by atoms with Crippen LogP contribution in [0, 0.1) is 0 Å². The maximum atomic E-state index is 12.5. The van der Waals surface area contributed by atoms with Gasteiger partial charge in [0.15, 0.2) is 0 Å². The highest BCUT2D eigenvalue weighted by Gasteiger charge is 2.20. The molecule has 5 heteroatoms. The Morgan fingerprint density at radius 1 is 0.897 bits per heavy atom. The molecule has 3 rings (SSSR count). The van der Waals surface area contributed by atoms with E-state index in [1.165, 1.54) is 5.56 Å². The molecule has 0 bridgehead atoms. The number of amides is 2. The number of aryl methyl sites for hydroxylation is 1.